The Hall–Kier alpha value is -1.92. The molecule has 0 saturated heterocycles. The van der Waals surface area contributed by atoms with Crippen molar-refractivity contribution in [2.75, 3.05) is 52.4 Å². The summed E-state index contributed by atoms with van der Waals surface area (Å²) in [5.74, 6) is -3.04. The van der Waals surface area contributed by atoms with Crippen LogP contribution in [0.2, 0.25) is 0 Å². The smallest absolute Gasteiger partial charge is 0.0783 e. The second-order valence-electron chi connectivity index (χ2n) is 10.6. The topological polar surface area (TPSA) is 80.3 Å². The van der Waals surface area contributed by atoms with Gasteiger partial charge in [0.05, 0.1) is 64.3 Å². The molecule has 38 heavy (non-hydrogen) atoms. The van der Waals surface area contributed by atoms with Crippen molar-refractivity contribution in [3.05, 3.63) is 35.4 Å². The average Bonchev–Trinajstić information content (AvgIpc) is 2.86. The highest BCUT2D eigenvalue weighted by Gasteiger charge is 2.23. The van der Waals surface area contributed by atoms with E-state index in [9.17, 15) is 19.8 Å². The Morgan fingerprint density at radius 3 is 0.789 bits per heavy atom. The van der Waals surface area contributed by atoms with Gasteiger partial charge in [-0.2, -0.15) is 0 Å². The van der Waals surface area contributed by atoms with Crippen LogP contribution in [0.25, 0.3) is 0 Å². The molecular formula is C32H60N2O4. The first kappa shape index (κ1) is 38.2. The molecule has 0 aliphatic carbocycles. The molecular weight excluding hydrogens is 476 g/mol. The molecule has 0 aliphatic heterocycles. The Morgan fingerprint density at radius 1 is 0.474 bits per heavy atom. The summed E-state index contributed by atoms with van der Waals surface area (Å²) < 4.78 is 2.75. The second kappa shape index (κ2) is 23.0. The number of nitrogens with zero attached hydrogens (tertiary/aromatic N) is 2. The van der Waals surface area contributed by atoms with E-state index in [4.69, 9.17) is 0 Å². The van der Waals surface area contributed by atoms with Crippen molar-refractivity contribution < 1.29 is 28.8 Å². The van der Waals surface area contributed by atoms with E-state index >= 15 is 0 Å². The molecule has 0 saturated carbocycles. The van der Waals surface area contributed by atoms with Gasteiger partial charge in [-0.1, -0.05) is 79.7 Å². The fraction of sp³-hybridized carbons (Fsp3) is 0.750. The summed E-state index contributed by atoms with van der Waals surface area (Å²) in [7, 11) is 0. The molecule has 0 aromatic heterocycles. The highest BCUT2D eigenvalue weighted by Crippen LogP contribution is 2.13. The lowest BCUT2D eigenvalue weighted by Gasteiger charge is -2.38. The molecule has 6 nitrogen and oxygen atoms in total. The minimum Gasteiger partial charge on any atom is -0.545 e. The third-order valence-corrected chi connectivity index (χ3v) is 6.95. The van der Waals surface area contributed by atoms with Gasteiger partial charge >= 0.3 is 0 Å². The molecule has 0 radical (unpaired) electrons. The predicted octanol–water partition coefficient (Wildman–Crippen LogP) is 5.30. The zero-order chi connectivity index (χ0) is 29.5. The number of hydrogen-bond acceptors (Lipinski definition) is 4. The molecule has 222 valence electrons. The Kier molecular flexibility index (Phi) is 23.1. The van der Waals surface area contributed by atoms with Crippen molar-refractivity contribution in [1.82, 2.24) is 0 Å². The van der Waals surface area contributed by atoms with E-state index in [1.165, 1.54) is 125 Å². The van der Waals surface area contributed by atoms with Gasteiger partial charge in [-0.25, -0.2) is 0 Å². The highest BCUT2D eigenvalue weighted by atomic mass is 16.4. The van der Waals surface area contributed by atoms with Crippen molar-refractivity contribution in [2.45, 2.75) is 107 Å². The quantitative estimate of drug-likeness (QED) is 0.239. The first-order chi connectivity index (χ1) is 18.1. The molecule has 6 heteroatoms. The molecule has 0 bridgehead atoms. The first-order valence-electron chi connectivity index (χ1n) is 15.3. The van der Waals surface area contributed by atoms with E-state index in [0.29, 0.717) is 0 Å². The summed E-state index contributed by atoms with van der Waals surface area (Å²) in [5.41, 5.74) is -0.727. The van der Waals surface area contributed by atoms with Crippen LogP contribution in [0.4, 0.5) is 0 Å². The number of carbonyl (C=O) groups excluding carboxylic acids is 2. The number of hydrogen-bond donors (Lipinski definition) is 0. The SMILES string of the molecule is CCC[N+](CCC)(CCC)CCC.CCC[N+](CCC)(CCC)CCC.O=C([O-])c1ccccc1C(=O)[O-]. The number of quaternary nitrogens is 2. The van der Waals surface area contributed by atoms with Gasteiger partial charge in [0.2, 0.25) is 0 Å². The lowest BCUT2D eigenvalue weighted by molar-refractivity contribution is -0.928. The van der Waals surface area contributed by atoms with Gasteiger partial charge in [0.15, 0.2) is 0 Å². The number of carboxylic acid groups (broad SMARTS) is 2. The number of rotatable bonds is 18. The largest absolute Gasteiger partial charge is 0.545 e. The Morgan fingerprint density at radius 2 is 0.658 bits per heavy atom. The zero-order valence-corrected chi connectivity index (χ0v) is 26.2. The summed E-state index contributed by atoms with van der Waals surface area (Å²) in [6.45, 7) is 29.6. The van der Waals surface area contributed by atoms with E-state index < -0.39 is 11.9 Å². The summed E-state index contributed by atoms with van der Waals surface area (Å²) in [4.78, 5) is 20.6. The van der Waals surface area contributed by atoms with E-state index in [1.807, 2.05) is 0 Å². The van der Waals surface area contributed by atoms with E-state index in [2.05, 4.69) is 55.4 Å². The fourth-order valence-corrected chi connectivity index (χ4v) is 5.98. The zero-order valence-electron chi connectivity index (χ0n) is 26.2. The van der Waals surface area contributed by atoms with E-state index in [-0.39, 0.29) is 11.1 Å². The maximum absolute atomic E-state index is 10.3. The highest BCUT2D eigenvalue weighted by molar-refractivity contribution is 5.99. The van der Waals surface area contributed by atoms with Crippen LogP contribution in [0.5, 0.6) is 0 Å². The van der Waals surface area contributed by atoms with Gasteiger partial charge in [0.25, 0.3) is 0 Å². The molecule has 0 N–H and O–H groups in total. The van der Waals surface area contributed by atoms with Crippen LogP contribution in [0.1, 0.15) is 127 Å². The molecule has 0 amide bonds. The average molecular weight is 537 g/mol. The van der Waals surface area contributed by atoms with Crippen LogP contribution in [-0.2, 0) is 0 Å². The van der Waals surface area contributed by atoms with Crippen molar-refractivity contribution in [3.63, 3.8) is 0 Å². The first-order valence-corrected chi connectivity index (χ1v) is 15.3. The molecule has 1 aromatic carbocycles. The van der Waals surface area contributed by atoms with Crippen molar-refractivity contribution in [3.8, 4) is 0 Å². The Balaban J connectivity index is 0. The van der Waals surface area contributed by atoms with Crippen LogP contribution >= 0.6 is 0 Å². The molecule has 0 unspecified atom stereocenters. The summed E-state index contributed by atoms with van der Waals surface area (Å²) in [6, 6.07) is 5.14. The van der Waals surface area contributed by atoms with Crippen LogP contribution in [0.15, 0.2) is 24.3 Å². The lowest BCUT2D eigenvalue weighted by atomic mass is 10.1. The molecule has 1 aromatic rings. The Bertz CT molecular complexity index is 616. The number of carboxylic acids is 2. The molecule has 0 spiro atoms. The summed E-state index contributed by atoms with van der Waals surface area (Å²) in [6.07, 6.45) is 10.7. The van der Waals surface area contributed by atoms with Gasteiger partial charge in [0.1, 0.15) is 0 Å². The molecule has 0 atom stereocenters. The molecule has 0 aliphatic rings. The molecule has 1 rings (SSSR count). The van der Waals surface area contributed by atoms with Crippen molar-refractivity contribution in [1.29, 1.82) is 0 Å². The van der Waals surface area contributed by atoms with Crippen LogP contribution < -0.4 is 10.2 Å². The van der Waals surface area contributed by atoms with Crippen molar-refractivity contribution in [2.24, 2.45) is 0 Å². The maximum atomic E-state index is 10.3. The standard InChI is InChI=1S/2C12H28N.C8H6O4/c2*1-5-9-13(10-6-2,11-7-3)12-8-4;9-7(10)5-3-1-2-4-6(5)8(11)12/h2*5-12H2,1-4H3;1-4H,(H,9,10)(H,11,12)/q2*+1;/p-2. The summed E-state index contributed by atoms with van der Waals surface area (Å²) >= 11 is 0. The van der Waals surface area contributed by atoms with E-state index in [1.54, 1.807) is 0 Å². The van der Waals surface area contributed by atoms with Crippen LogP contribution in [0, 0.1) is 0 Å². The van der Waals surface area contributed by atoms with Gasteiger partial charge in [-0.15, -0.1) is 0 Å². The fourth-order valence-electron chi connectivity index (χ4n) is 5.98. The van der Waals surface area contributed by atoms with Gasteiger partial charge in [-0.05, 0) is 51.4 Å². The normalized spacial score (nSPS) is 11.2. The third kappa shape index (κ3) is 15.5. The third-order valence-electron chi connectivity index (χ3n) is 6.95. The predicted molar refractivity (Wildman–Crippen MR) is 157 cm³/mol. The molecule has 0 fully saturated rings. The van der Waals surface area contributed by atoms with Gasteiger partial charge in [-0.3, -0.25) is 0 Å². The van der Waals surface area contributed by atoms with Gasteiger partial charge in [0, 0.05) is 11.1 Å². The van der Waals surface area contributed by atoms with Crippen LogP contribution in [0.3, 0.4) is 0 Å². The van der Waals surface area contributed by atoms with Crippen molar-refractivity contribution >= 4 is 11.9 Å². The minimum atomic E-state index is -1.52. The summed E-state index contributed by atoms with van der Waals surface area (Å²) in [5, 5.41) is 20.6. The molecule has 0 heterocycles. The van der Waals surface area contributed by atoms with Crippen LogP contribution in [-0.4, -0.2) is 73.3 Å². The number of carbonyl (C=O) groups is 2. The maximum Gasteiger partial charge on any atom is 0.0783 e. The monoisotopic (exact) mass is 536 g/mol. The second-order valence-corrected chi connectivity index (χ2v) is 10.6. The number of benzene rings is 1. The Labute approximate surface area is 235 Å². The number of aromatic carboxylic acids is 2. The minimum absolute atomic E-state index is 0.363. The lowest BCUT2D eigenvalue weighted by Crippen LogP contribution is -2.50. The van der Waals surface area contributed by atoms with Gasteiger partial charge < -0.3 is 28.8 Å². The van der Waals surface area contributed by atoms with E-state index in [0.717, 1.165) is 12.1 Å².